The van der Waals surface area contributed by atoms with Gasteiger partial charge in [-0.3, -0.25) is 0 Å². The summed E-state index contributed by atoms with van der Waals surface area (Å²) in [6.45, 7) is 0. The van der Waals surface area contributed by atoms with E-state index in [-0.39, 0.29) is 12.1 Å². The molecule has 0 radical (unpaired) electrons. The first-order valence-corrected chi connectivity index (χ1v) is 7.80. The molecule has 0 aromatic heterocycles. The fourth-order valence-corrected chi connectivity index (χ4v) is 3.50. The number of rotatable bonds is 2. The SMILES string of the molecule is COc1ccc2c(c1)OC(c1ccc(Cl)cc1Br)CC2N. The molecular formula is C16H15BrClNO2. The van der Waals surface area contributed by atoms with Crippen LogP contribution in [-0.4, -0.2) is 7.11 Å². The van der Waals surface area contributed by atoms with Crippen molar-refractivity contribution >= 4 is 27.5 Å². The lowest BCUT2D eigenvalue weighted by atomic mass is 9.93. The fraction of sp³-hybridized carbons (Fsp3) is 0.250. The van der Waals surface area contributed by atoms with Crippen molar-refractivity contribution in [3.63, 3.8) is 0 Å². The monoisotopic (exact) mass is 367 g/mol. The summed E-state index contributed by atoms with van der Waals surface area (Å²) in [6, 6.07) is 11.4. The second kappa shape index (κ2) is 5.87. The maximum atomic E-state index is 6.28. The zero-order chi connectivity index (χ0) is 15.0. The average molecular weight is 369 g/mol. The lowest BCUT2D eigenvalue weighted by molar-refractivity contribution is 0.160. The number of hydrogen-bond acceptors (Lipinski definition) is 3. The predicted molar refractivity (Wildman–Crippen MR) is 87.1 cm³/mol. The second-order valence-corrected chi connectivity index (χ2v) is 6.31. The van der Waals surface area contributed by atoms with Crippen LogP contribution in [0.3, 0.4) is 0 Å². The molecule has 2 unspecified atom stereocenters. The van der Waals surface area contributed by atoms with Crippen molar-refractivity contribution in [3.05, 3.63) is 57.0 Å². The van der Waals surface area contributed by atoms with E-state index in [4.69, 9.17) is 26.8 Å². The molecule has 2 atom stereocenters. The van der Waals surface area contributed by atoms with Gasteiger partial charge in [0.1, 0.15) is 17.6 Å². The highest BCUT2D eigenvalue weighted by atomic mass is 79.9. The van der Waals surface area contributed by atoms with E-state index in [1.165, 1.54) is 0 Å². The summed E-state index contributed by atoms with van der Waals surface area (Å²) in [4.78, 5) is 0. The lowest BCUT2D eigenvalue weighted by Gasteiger charge is -2.31. The van der Waals surface area contributed by atoms with Crippen molar-refractivity contribution in [1.29, 1.82) is 0 Å². The summed E-state index contributed by atoms with van der Waals surface area (Å²) < 4.78 is 12.3. The smallest absolute Gasteiger partial charge is 0.128 e. The van der Waals surface area contributed by atoms with E-state index in [1.54, 1.807) is 7.11 Å². The summed E-state index contributed by atoms with van der Waals surface area (Å²) in [5, 5.41) is 0.688. The van der Waals surface area contributed by atoms with Crippen molar-refractivity contribution in [2.24, 2.45) is 5.73 Å². The molecule has 5 heteroatoms. The first-order valence-electron chi connectivity index (χ1n) is 6.63. The zero-order valence-corrected chi connectivity index (χ0v) is 13.8. The third-order valence-electron chi connectivity index (χ3n) is 3.67. The van der Waals surface area contributed by atoms with Crippen LogP contribution in [0.5, 0.6) is 11.5 Å². The van der Waals surface area contributed by atoms with Crippen LogP contribution in [0.4, 0.5) is 0 Å². The van der Waals surface area contributed by atoms with Crippen molar-refractivity contribution in [1.82, 2.24) is 0 Å². The van der Waals surface area contributed by atoms with Gasteiger partial charge >= 0.3 is 0 Å². The van der Waals surface area contributed by atoms with Gasteiger partial charge in [0.05, 0.1) is 7.11 Å². The highest BCUT2D eigenvalue weighted by molar-refractivity contribution is 9.10. The van der Waals surface area contributed by atoms with Crippen LogP contribution in [0, 0.1) is 0 Å². The molecule has 0 amide bonds. The standard InChI is InChI=1S/C16H15BrClNO2/c1-20-10-3-5-12-14(19)8-16(21-15(12)7-10)11-4-2-9(18)6-13(11)17/h2-7,14,16H,8,19H2,1H3. The summed E-state index contributed by atoms with van der Waals surface area (Å²) in [6.07, 6.45) is 0.616. The zero-order valence-electron chi connectivity index (χ0n) is 11.5. The highest BCUT2D eigenvalue weighted by Crippen LogP contribution is 2.43. The van der Waals surface area contributed by atoms with Gasteiger partial charge in [-0.2, -0.15) is 0 Å². The van der Waals surface area contributed by atoms with Gasteiger partial charge in [-0.15, -0.1) is 0 Å². The first-order chi connectivity index (χ1) is 10.1. The molecule has 3 nitrogen and oxygen atoms in total. The van der Waals surface area contributed by atoms with Crippen LogP contribution in [0.15, 0.2) is 40.9 Å². The molecular weight excluding hydrogens is 354 g/mol. The van der Waals surface area contributed by atoms with Crippen molar-refractivity contribution in [2.75, 3.05) is 7.11 Å². The van der Waals surface area contributed by atoms with E-state index in [0.29, 0.717) is 5.02 Å². The molecule has 1 aliphatic heterocycles. The Morgan fingerprint density at radius 1 is 1.24 bits per heavy atom. The molecule has 1 aliphatic rings. The van der Waals surface area contributed by atoms with E-state index in [1.807, 2.05) is 36.4 Å². The van der Waals surface area contributed by atoms with Crippen LogP contribution >= 0.6 is 27.5 Å². The summed E-state index contributed by atoms with van der Waals surface area (Å²) >= 11 is 9.53. The molecule has 3 rings (SSSR count). The van der Waals surface area contributed by atoms with Crippen LogP contribution in [-0.2, 0) is 0 Å². The van der Waals surface area contributed by atoms with Crippen molar-refractivity contribution in [3.8, 4) is 11.5 Å². The van der Waals surface area contributed by atoms with Crippen LogP contribution in [0.2, 0.25) is 5.02 Å². The molecule has 21 heavy (non-hydrogen) atoms. The predicted octanol–water partition coefficient (Wildman–Crippen LogP) is 4.63. The van der Waals surface area contributed by atoms with Gasteiger partial charge < -0.3 is 15.2 Å². The van der Waals surface area contributed by atoms with Gasteiger partial charge in [-0.1, -0.05) is 39.7 Å². The molecule has 110 valence electrons. The van der Waals surface area contributed by atoms with Crippen molar-refractivity contribution in [2.45, 2.75) is 18.6 Å². The summed E-state index contributed by atoms with van der Waals surface area (Å²) in [7, 11) is 1.64. The molecule has 0 spiro atoms. The Balaban J connectivity index is 1.96. The molecule has 0 saturated carbocycles. The number of methoxy groups -OCH3 is 1. The number of hydrogen-bond donors (Lipinski definition) is 1. The Hall–Kier alpha value is -1.23. The van der Waals surface area contributed by atoms with Crippen LogP contribution in [0.25, 0.3) is 0 Å². The topological polar surface area (TPSA) is 44.5 Å². The minimum Gasteiger partial charge on any atom is -0.497 e. The van der Waals surface area contributed by atoms with E-state index in [9.17, 15) is 0 Å². The number of ether oxygens (including phenoxy) is 2. The molecule has 2 aromatic carbocycles. The normalized spacial score (nSPS) is 20.6. The molecule has 2 aromatic rings. The quantitative estimate of drug-likeness (QED) is 0.840. The Morgan fingerprint density at radius 3 is 2.71 bits per heavy atom. The van der Waals surface area contributed by atoms with Crippen LogP contribution < -0.4 is 15.2 Å². The van der Waals surface area contributed by atoms with Gasteiger partial charge in [0.15, 0.2) is 0 Å². The Kier molecular flexibility index (Phi) is 4.11. The second-order valence-electron chi connectivity index (χ2n) is 5.02. The molecule has 0 aliphatic carbocycles. The maximum Gasteiger partial charge on any atom is 0.128 e. The van der Waals surface area contributed by atoms with E-state index < -0.39 is 0 Å². The van der Waals surface area contributed by atoms with Gasteiger partial charge in [0.2, 0.25) is 0 Å². The molecule has 0 saturated heterocycles. The fourth-order valence-electron chi connectivity index (χ4n) is 2.56. The first kappa shape index (κ1) is 14.7. The number of halogens is 2. The Bertz CT molecular complexity index is 677. The minimum absolute atomic E-state index is 0.0627. The molecule has 0 fully saturated rings. The van der Waals surface area contributed by atoms with E-state index in [2.05, 4.69) is 15.9 Å². The number of nitrogens with two attached hydrogens (primary N) is 1. The molecule has 0 bridgehead atoms. The van der Waals surface area contributed by atoms with Crippen LogP contribution in [0.1, 0.15) is 29.7 Å². The third-order valence-corrected chi connectivity index (χ3v) is 4.59. The van der Waals surface area contributed by atoms with Gasteiger partial charge in [-0.25, -0.2) is 0 Å². The van der Waals surface area contributed by atoms with Crippen molar-refractivity contribution < 1.29 is 9.47 Å². The maximum absolute atomic E-state index is 6.28. The Labute approximate surface area is 137 Å². The molecule has 2 N–H and O–H groups in total. The number of fused-ring (bicyclic) bond motifs is 1. The minimum atomic E-state index is -0.105. The Morgan fingerprint density at radius 2 is 2.00 bits per heavy atom. The van der Waals surface area contributed by atoms with Gasteiger partial charge in [0.25, 0.3) is 0 Å². The highest BCUT2D eigenvalue weighted by Gasteiger charge is 2.28. The van der Waals surface area contributed by atoms with Gasteiger partial charge in [-0.05, 0) is 18.2 Å². The lowest BCUT2D eigenvalue weighted by Crippen LogP contribution is -2.24. The summed E-state index contributed by atoms with van der Waals surface area (Å²) in [5.41, 5.74) is 8.34. The summed E-state index contributed by atoms with van der Waals surface area (Å²) in [5.74, 6) is 1.54. The largest absolute Gasteiger partial charge is 0.497 e. The van der Waals surface area contributed by atoms with E-state index >= 15 is 0 Å². The van der Waals surface area contributed by atoms with E-state index in [0.717, 1.165) is 33.5 Å². The average Bonchev–Trinajstić information content (AvgIpc) is 2.46. The number of benzene rings is 2. The van der Waals surface area contributed by atoms with Gasteiger partial charge in [0, 0.05) is 39.2 Å². The molecule has 1 heterocycles. The third kappa shape index (κ3) is 2.89.